The van der Waals surface area contributed by atoms with E-state index in [0.717, 1.165) is 16.7 Å². The van der Waals surface area contributed by atoms with Gasteiger partial charge in [0.2, 0.25) is 0 Å². The van der Waals surface area contributed by atoms with Crippen LogP contribution in [-0.4, -0.2) is 12.0 Å². The molecule has 0 aliphatic rings. The van der Waals surface area contributed by atoms with Crippen LogP contribution in [0, 0.1) is 5.82 Å². The van der Waals surface area contributed by atoms with Gasteiger partial charge in [-0.05, 0) is 36.9 Å². The number of benzene rings is 2. The first-order valence-corrected chi connectivity index (χ1v) is 6.53. The molecule has 1 heterocycles. The average molecular weight is 270 g/mol. The Kier molecular flexibility index (Phi) is 3.48. The lowest BCUT2D eigenvalue weighted by Crippen LogP contribution is -2.18. The molecule has 0 bridgehead atoms. The predicted octanol–water partition coefficient (Wildman–Crippen LogP) is 3.47. The number of rotatable bonds is 4. The molecular formula is C16H15FN2O. The number of nitrogens with one attached hydrogen (secondary N) is 1. The lowest BCUT2D eigenvalue weighted by atomic mass is 10.0. The number of hydrogen-bond donors (Lipinski definition) is 1. The zero-order chi connectivity index (χ0) is 13.9. The molecule has 1 aromatic heterocycles. The van der Waals surface area contributed by atoms with Crippen molar-refractivity contribution in [2.24, 2.45) is 0 Å². The maximum absolute atomic E-state index is 13.0. The van der Waals surface area contributed by atoms with Crippen LogP contribution in [0.15, 0.2) is 52.9 Å². The van der Waals surface area contributed by atoms with E-state index in [1.54, 1.807) is 12.1 Å². The maximum Gasteiger partial charge on any atom is 0.197 e. The van der Waals surface area contributed by atoms with Gasteiger partial charge in [0.15, 0.2) is 11.5 Å². The molecule has 1 unspecified atom stereocenters. The highest BCUT2D eigenvalue weighted by Crippen LogP contribution is 2.21. The van der Waals surface area contributed by atoms with Crippen molar-refractivity contribution in [2.45, 2.75) is 12.5 Å². The van der Waals surface area contributed by atoms with E-state index in [1.807, 2.05) is 31.3 Å². The number of para-hydroxylation sites is 2. The van der Waals surface area contributed by atoms with Crippen molar-refractivity contribution in [2.75, 3.05) is 7.05 Å². The first-order chi connectivity index (χ1) is 9.76. The number of likely N-dealkylation sites (N-methyl/N-ethyl adjacent to an activating group) is 1. The summed E-state index contributed by atoms with van der Waals surface area (Å²) in [6.07, 6.45) is 0.622. The van der Waals surface area contributed by atoms with E-state index in [-0.39, 0.29) is 11.9 Å². The number of hydrogen-bond acceptors (Lipinski definition) is 3. The van der Waals surface area contributed by atoms with E-state index >= 15 is 0 Å². The largest absolute Gasteiger partial charge is 0.441 e. The van der Waals surface area contributed by atoms with Gasteiger partial charge in [-0.3, -0.25) is 0 Å². The van der Waals surface area contributed by atoms with Gasteiger partial charge in [-0.1, -0.05) is 24.3 Å². The van der Waals surface area contributed by atoms with E-state index in [2.05, 4.69) is 10.3 Å². The van der Waals surface area contributed by atoms with Gasteiger partial charge in [-0.2, -0.15) is 0 Å². The van der Waals surface area contributed by atoms with Gasteiger partial charge in [-0.15, -0.1) is 0 Å². The molecule has 0 saturated heterocycles. The van der Waals surface area contributed by atoms with Crippen LogP contribution in [0.25, 0.3) is 11.1 Å². The third-order valence-corrected chi connectivity index (χ3v) is 3.34. The van der Waals surface area contributed by atoms with Crippen molar-refractivity contribution in [1.29, 1.82) is 0 Å². The molecule has 0 spiro atoms. The van der Waals surface area contributed by atoms with Crippen LogP contribution in [0.3, 0.4) is 0 Å². The third-order valence-electron chi connectivity index (χ3n) is 3.34. The normalized spacial score (nSPS) is 12.7. The van der Waals surface area contributed by atoms with Gasteiger partial charge in [0, 0.05) is 12.5 Å². The van der Waals surface area contributed by atoms with E-state index < -0.39 is 0 Å². The Bertz CT molecular complexity index is 673. The zero-order valence-electron chi connectivity index (χ0n) is 11.1. The Morgan fingerprint density at radius 2 is 1.90 bits per heavy atom. The quantitative estimate of drug-likeness (QED) is 0.789. The summed E-state index contributed by atoms with van der Waals surface area (Å²) in [5.74, 6) is 0.445. The molecule has 0 saturated carbocycles. The number of aromatic nitrogens is 1. The van der Waals surface area contributed by atoms with E-state index in [1.165, 1.54) is 12.1 Å². The summed E-state index contributed by atoms with van der Waals surface area (Å²) in [6, 6.07) is 14.2. The molecule has 102 valence electrons. The molecule has 1 N–H and O–H groups in total. The Hall–Kier alpha value is -2.20. The maximum atomic E-state index is 13.0. The van der Waals surface area contributed by atoms with Crippen LogP contribution < -0.4 is 5.32 Å². The predicted molar refractivity (Wildman–Crippen MR) is 75.9 cm³/mol. The SMILES string of the molecule is CNC(Cc1nc2ccccc2o1)c1ccc(F)cc1. The highest BCUT2D eigenvalue weighted by atomic mass is 19.1. The van der Waals surface area contributed by atoms with Gasteiger partial charge in [0.25, 0.3) is 0 Å². The molecule has 3 aromatic rings. The number of nitrogens with zero attached hydrogens (tertiary/aromatic N) is 1. The topological polar surface area (TPSA) is 38.1 Å². The number of halogens is 1. The molecule has 0 aliphatic carbocycles. The minimum atomic E-state index is -0.231. The molecule has 2 aromatic carbocycles. The van der Waals surface area contributed by atoms with Gasteiger partial charge >= 0.3 is 0 Å². The first kappa shape index (κ1) is 12.8. The molecule has 0 fully saturated rings. The van der Waals surface area contributed by atoms with Gasteiger partial charge in [0.05, 0.1) is 0 Å². The van der Waals surface area contributed by atoms with E-state index in [0.29, 0.717) is 12.3 Å². The highest BCUT2D eigenvalue weighted by molar-refractivity contribution is 5.72. The first-order valence-electron chi connectivity index (χ1n) is 6.53. The Morgan fingerprint density at radius 3 is 2.60 bits per heavy atom. The smallest absolute Gasteiger partial charge is 0.197 e. The van der Waals surface area contributed by atoms with Crippen LogP contribution in [0.5, 0.6) is 0 Å². The second-order valence-corrected chi connectivity index (χ2v) is 4.67. The Morgan fingerprint density at radius 1 is 1.15 bits per heavy atom. The summed E-state index contributed by atoms with van der Waals surface area (Å²) < 4.78 is 18.7. The fraction of sp³-hybridized carbons (Fsp3) is 0.188. The van der Waals surface area contributed by atoms with Crippen LogP contribution in [0.2, 0.25) is 0 Å². The minimum absolute atomic E-state index is 0.0451. The summed E-state index contributed by atoms with van der Waals surface area (Å²) >= 11 is 0. The van der Waals surface area contributed by atoms with Gasteiger partial charge in [0.1, 0.15) is 11.3 Å². The molecule has 0 aliphatic heterocycles. The fourth-order valence-corrected chi connectivity index (χ4v) is 2.26. The van der Waals surface area contributed by atoms with Crippen molar-refractivity contribution >= 4 is 11.1 Å². The molecule has 20 heavy (non-hydrogen) atoms. The van der Waals surface area contributed by atoms with Crippen molar-refractivity contribution in [1.82, 2.24) is 10.3 Å². The molecule has 1 atom stereocenters. The molecule has 0 amide bonds. The molecular weight excluding hydrogens is 255 g/mol. The molecule has 3 nitrogen and oxygen atoms in total. The Labute approximate surface area is 116 Å². The number of fused-ring (bicyclic) bond motifs is 1. The second-order valence-electron chi connectivity index (χ2n) is 4.67. The Balaban J connectivity index is 1.85. The van der Waals surface area contributed by atoms with Crippen molar-refractivity contribution < 1.29 is 8.81 Å². The lowest BCUT2D eigenvalue weighted by Gasteiger charge is -2.14. The highest BCUT2D eigenvalue weighted by Gasteiger charge is 2.14. The van der Waals surface area contributed by atoms with Gasteiger partial charge in [-0.25, -0.2) is 9.37 Å². The number of oxazole rings is 1. The minimum Gasteiger partial charge on any atom is -0.441 e. The summed E-state index contributed by atoms with van der Waals surface area (Å²) in [5, 5.41) is 3.21. The average Bonchev–Trinajstić information content (AvgIpc) is 2.88. The standard InChI is InChI=1S/C16H15FN2O/c1-18-14(11-6-8-12(17)9-7-11)10-16-19-13-4-2-3-5-15(13)20-16/h2-9,14,18H,10H2,1H3. The van der Waals surface area contributed by atoms with Crippen LogP contribution in [0.4, 0.5) is 4.39 Å². The van der Waals surface area contributed by atoms with Crippen LogP contribution in [-0.2, 0) is 6.42 Å². The lowest BCUT2D eigenvalue weighted by molar-refractivity contribution is 0.473. The summed E-state index contributed by atoms with van der Waals surface area (Å²) in [4.78, 5) is 4.46. The van der Waals surface area contributed by atoms with E-state index in [4.69, 9.17) is 4.42 Å². The second kappa shape index (κ2) is 5.43. The molecule has 4 heteroatoms. The molecule has 3 rings (SSSR count). The van der Waals surface area contributed by atoms with Crippen molar-refractivity contribution in [3.63, 3.8) is 0 Å². The molecule has 0 radical (unpaired) electrons. The summed E-state index contributed by atoms with van der Waals surface area (Å²) in [5.41, 5.74) is 2.66. The summed E-state index contributed by atoms with van der Waals surface area (Å²) in [6.45, 7) is 0. The summed E-state index contributed by atoms with van der Waals surface area (Å²) in [7, 11) is 1.87. The van der Waals surface area contributed by atoms with Crippen LogP contribution in [0.1, 0.15) is 17.5 Å². The zero-order valence-corrected chi connectivity index (χ0v) is 11.1. The van der Waals surface area contributed by atoms with Crippen LogP contribution >= 0.6 is 0 Å². The third kappa shape index (κ3) is 2.56. The monoisotopic (exact) mass is 270 g/mol. The van der Waals surface area contributed by atoms with Crippen molar-refractivity contribution in [3.05, 3.63) is 65.8 Å². The van der Waals surface area contributed by atoms with Crippen molar-refractivity contribution in [3.8, 4) is 0 Å². The van der Waals surface area contributed by atoms with E-state index in [9.17, 15) is 4.39 Å². The van der Waals surface area contributed by atoms with Gasteiger partial charge < -0.3 is 9.73 Å². The fourth-order valence-electron chi connectivity index (χ4n) is 2.26.